The van der Waals surface area contributed by atoms with Crippen LogP contribution in [0.2, 0.25) is 0 Å². The first-order valence-corrected chi connectivity index (χ1v) is 9.56. The molecule has 0 aromatic heterocycles. The summed E-state index contributed by atoms with van der Waals surface area (Å²) < 4.78 is 6.79. The van der Waals surface area contributed by atoms with Crippen molar-refractivity contribution in [2.45, 2.75) is 75.0 Å². The molecule has 2 unspecified atom stereocenters. The van der Waals surface area contributed by atoms with Gasteiger partial charge in [0.1, 0.15) is 0 Å². The summed E-state index contributed by atoms with van der Waals surface area (Å²) in [5, 5.41) is 6.84. The summed E-state index contributed by atoms with van der Waals surface area (Å²) in [5.41, 5.74) is 0. The van der Waals surface area contributed by atoms with Gasteiger partial charge in [0.25, 0.3) is 0 Å². The van der Waals surface area contributed by atoms with Crippen molar-refractivity contribution in [3.8, 4) is 0 Å². The van der Waals surface area contributed by atoms with Gasteiger partial charge in [-0.1, -0.05) is 0 Å². The lowest BCUT2D eigenvalue weighted by atomic mass is 9.53. The van der Waals surface area contributed by atoms with Crippen molar-refractivity contribution in [3.63, 3.8) is 0 Å². The molecule has 6 aliphatic rings. The van der Waals surface area contributed by atoms with Gasteiger partial charge in [0.15, 0.2) is 0 Å². The summed E-state index contributed by atoms with van der Waals surface area (Å²) >= 11 is 0. The summed E-state index contributed by atoms with van der Waals surface area (Å²) in [7, 11) is 4.07. The second-order valence-electron chi connectivity index (χ2n) is 8.82. The van der Waals surface area contributed by atoms with Crippen molar-refractivity contribution in [1.29, 1.82) is 0 Å². The average molecular weight is 322 g/mol. The number of hydrogen-bond donors (Lipinski definition) is 2. The predicted octanol–water partition coefficient (Wildman–Crippen LogP) is 2.17. The van der Waals surface area contributed by atoms with Gasteiger partial charge in [0, 0.05) is 36.8 Å². The van der Waals surface area contributed by atoms with Gasteiger partial charge in [-0.15, -0.1) is 0 Å². The molecule has 0 aromatic carbocycles. The molecule has 4 bridgehead atoms. The number of ether oxygens (including phenoxy) is 1. The minimum Gasteiger partial charge on any atom is -0.317 e. The van der Waals surface area contributed by atoms with E-state index in [9.17, 15) is 0 Å². The molecule has 6 fully saturated rings. The molecule has 1 heterocycles. The molecule has 1 saturated heterocycles. The molecule has 1 aliphatic heterocycles. The highest BCUT2D eigenvalue weighted by molar-refractivity contribution is 5.06. The maximum Gasteiger partial charge on any atom is 0.210 e. The fourth-order valence-corrected chi connectivity index (χ4v) is 6.55. The molecule has 6 rings (SSSR count). The van der Waals surface area contributed by atoms with E-state index in [1.165, 1.54) is 32.1 Å². The van der Waals surface area contributed by atoms with Crippen LogP contribution in [0.1, 0.15) is 51.4 Å². The Morgan fingerprint density at radius 2 is 1.30 bits per heavy atom. The molecule has 0 radical (unpaired) electrons. The third kappa shape index (κ3) is 2.17. The monoisotopic (exact) mass is 322 g/mol. The molecule has 5 saturated carbocycles. The van der Waals surface area contributed by atoms with Gasteiger partial charge in [-0.2, -0.15) is 9.78 Å². The van der Waals surface area contributed by atoms with Crippen molar-refractivity contribution in [2.24, 2.45) is 23.7 Å². The third-order valence-electron chi connectivity index (χ3n) is 7.45. The molecule has 23 heavy (non-hydrogen) atoms. The van der Waals surface area contributed by atoms with Crippen LogP contribution in [0.3, 0.4) is 0 Å². The van der Waals surface area contributed by atoms with E-state index in [1.54, 1.807) is 0 Å². The van der Waals surface area contributed by atoms with Gasteiger partial charge in [-0.05, 0) is 64.5 Å². The topological polar surface area (TPSA) is 51.8 Å². The van der Waals surface area contributed by atoms with E-state index < -0.39 is 11.6 Å². The van der Waals surface area contributed by atoms with Crippen molar-refractivity contribution >= 4 is 0 Å². The summed E-state index contributed by atoms with van der Waals surface area (Å²) in [5.74, 6) is 1.90. The van der Waals surface area contributed by atoms with Gasteiger partial charge < -0.3 is 15.4 Å². The van der Waals surface area contributed by atoms with E-state index in [4.69, 9.17) is 14.5 Å². The zero-order valence-electron chi connectivity index (χ0n) is 14.3. The lowest BCUT2D eigenvalue weighted by Gasteiger charge is -2.57. The van der Waals surface area contributed by atoms with Gasteiger partial charge >= 0.3 is 0 Å². The Bertz CT molecular complexity index is 443. The van der Waals surface area contributed by atoms with Crippen LogP contribution in [0, 0.1) is 23.7 Å². The van der Waals surface area contributed by atoms with E-state index in [0.29, 0.717) is 23.9 Å². The first kappa shape index (κ1) is 15.1. The lowest BCUT2D eigenvalue weighted by molar-refractivity contribution is -0.390. The van der Waals surface area contributed by atoms with E-state index in [1.807, 2.05) is 14.1 Å². The normalized spacial score (nSPS) is 57.7. The molecule has 5 heteroatoms. The molecule has 5 nitrogen and oxygen atoms in total. The van der Waals surface area contributed by atoms with E-state index in [2.05, 4.69) is 10.6 Å². The molecule has 5 aliphatic carbocycles. The number of rotatable bonds is 2. The van der Waals surface area contributed by atoms with Gasteiger partial charge in [0.2, 0.25) is 11.6 Å². The summed E-state index contributed by atoms with van der Waals surface area (Å²) in [6.07, 6.45) is 9.43. The van der Waals surface area contributed by atoms with Crippen LogP contribution in [0.5, 0.6) is 0 Å². The van der Waals surface area contributed by atoms with Gasteiger partial charge in [0.05, 0.1) is 0 Å². The summed E-state index contributed by atoms with van der Waals surface area (Å²) in [6.45, 7) is 0. The van der Waals surface area contributed by atoms with Crippen molar-refractivity contribution < 1.29 is 14.5 Å². The van der Waals surface area contributed by atoms with Crippen LogP contribution >= 0.6 is 0 Å². The average Bonchev–Trinajstić information content (AvgIpc) is 2.91. The van der Waals surface area contributed by atoms with Crippen molar-refractivity contribution in [2.75, 3.05) is 14.1 Å². The van der Waals surface area contributed by atoms with E-state index >= 15 is 0 Å². The Balaban J connectivity index is 1.41. The number of hydrogen-bond acceptors (Lipinski definition) is 5. The molecular weight excluding hydrogens is 292 g/mol. The van der Waals surface area contributed by atoms with Crippen LogP contribution < -0.4 is 10.6 Å². The van der Waals surface area contributed by atoms with Gasteiger partial charge in [-0.3, -0.25) is 0 Å². The molecule has 130 valence electrons. The highest BCUT2D eigenvalue weighted by Gasteiger charge is 2.67. The minimum atomic E-state index is -0.561. The molecule has 0 aromatic rings. The van der Waals surface area contributed by atoms with Crippen LogP contribution in [0.4, 0.5) is 0 Å². The van der Waals surface area contributed by atoms with Crippen LogP contribution in [-0.2, 0) is 14.5 Å². The Kier molecular flexibility index (Phi) is 3.38. The van der Waals surface area contributed by atoms with Crippen LogP contribution in [-0.4, -0.2) is 37.8 Å². The predicted molar refractivity (Wildman–Crippen MR) is 85.3 cm³/mol. The molecule has 2 spiro atoms. The molecule has 2 atom stereocenters. The molecule has 2 N–H and O–H groups in total. The van der Waals surface area contributed by atoms with Crippen molar-refractivity contribution in [3.05, 3.63) is 0 Å². The largest absolute Gasteiger partial charge is 0.317 e. The minimum absolute atomic E-state index is 0.414. The molecular formula is C18H30N2O3. The van der Waals surface area contributed by atoms with Gasteiger partial charge in [-0.25, -0.2) is 0 Å². The maximum atomic E-state index is 6.79. The SMILES string of the molecule is CNC1CC(NC)CC2(C1)OOC1(O2)C2CC3CC(C2)CC1C3. The lowest BCUT2D eigenvalue weighted by Crippen LogP contribution is -2.60. The first-order valence-electron chi connectivity index (χ1n) is 9.56. The maximum absolute atomic E-state index is 6.79. The Morgan fingerprint density at radius 3 is 1.83 bits per heavy atom. The summed E-state index contributed by atoms with van der Waals surface area (Å²) in [6, 6.07) is 0.827. The highest BCUT2D eigenvalue weighted by atomic mass is 17.3. The first-order chi connectivity index (χ1) is 11.1. The fourth-order valence-electron chi connectivity index (χ4n) is 6.55. The van der Waals surface area contributed by atoms with E-state index in [0.717, 1.165) is 31.1 Å². The smallest absolute Gasteiger partial charge is 0.210 e. The standard InChI is InChI=1S/C18H30N2O3/c1-19-15-8-16(20-2)10-17(9-15)21-18(23-22-17)13-4-11-3-12(6-13)7-14(18)5-11/h11-16,19-20H,3-10H2,1-2H3. The second-order valence-corrected chi connectivity index (χ2v) is 8.82. The third-order valence-corrected chi connectivity index (χ3v) is 7.45. The second kappa shape index (κ2) is 5.15. The number of nitrogens with one attached hydrogen (secondary N) is 2. The zero-order chi connectivity index (χ0) is 15.7. The quantitative estimate of drug-likeness (QED) is 0.763. The Morgan fingerprint density at radius 1 is 0.739 bits per heavy atom. The Hall–Kier alpha value is -0.200. The zero-order valence-corrected chi connectivity index (χ0v) is 14.3. The Labute approximate surface area is 138 Å². The fraction of sp³-hybridized carbons (Fsp3) is 1.00. The van der Waals surface area contributed by atoms with E-state index in [-0.39, 0.29) is 0 Å². The molecule has 0 amide bonds. The highest BCUT2D eigenvalue weighted by Crippen LogP contribution is 2.63. The summed E-state index contributed by atoms with van der Waals surface area (Å²) in [4.78, 5) is 12.1. The van der Waals surface area contributed by atoms with Crippen molar-refractivity contribution in [1.82, 2.24) is 10.6 Å². The van der Waals surface area contributed by atoms with Crippen LogP contribution in [0.15, 0.2) is 0 Å². The van der Waals surface area contributed by atoms with Crippen LogP contribution in [0.25, 0.3) is 0 Å².